The number of nitrogens with two attached hydrogens (primary N) is 2. The van der Waals surface area contributed by atoms with Crippen LogP contribution in [-0.2, 0) is 0 Å². The Balaban J connectivity index is 1.76. The van der Waals surface area contributed by atoms with E-state index in [1.54, 1.807) is 6.07 Å². The first-order valence-electron chi connectivity index (χ1n) is 7.54. The number of nitrogens with zero attached hydrogens (tertiary/aromatic N) is 2. The number of nitrogen functional groups attached to an aromatic ring is 2. The van der Waals surface area contributed by atoms with Gasteiger partial charge in [-0.25, -0.2) is 4.79 Å². The van der Waals surface area contributed by atoms with Crippen LogP contribution in [0.15, 0.2) is 42.5 Å². The SMILES string of the molecule is Nc1ccccc1N1CCN(c2cccc(C(=O)O)c2N)CC1. The van der Waals surface area contributed by atoms with Gasteiger partial charge in [0.15, 0.2) is 0 Å². The molecule has 23 heavy (non-hydrogen) atoms. The van der Waals surface area contributed by atoms with E-state index in [9.17, 15) is 9.90 Å². The molecule has 2 aromatic carbocycles. The summed E-state index contributed by atoms with van der Waals surface area (Å²) in [6.07, 6.45) is 0. The molecule has 1 aliphatic rings. The zero-order valence-electron chi connectivity index (χ0n) is 12.8. The van der Waals surface area contributed by atoms with Gasteiger partial charge in [-0.3, -0.25) is 0 Å². The minimum absolute atomic E-state index is 0.150. The standard InChI is InChI=1S/C17H20N4O2/c18-13-5-1-2-6-14(13)20-8-10-21(11-9-20)15-7-3-4-12(16(15)19)17(22)23/h1-7H,8-11,18-19H2,(H,22,23). The summed E-state index contributed by atoms with van der Waals surface area (Å²) < 4.78 is 0. The van der Waals surface area contributed by atoms with Crippen molar-refractivity contribution in [3.63, 3.8) is 0 Å². The second-order valence-corrected chi connectivity index (χ2v) is 5.58. The molecule has 0 saturated carbocycles. The molecular formula is C17H20N4O2. The smallest absolute Gasteiger partial charge is 0.337 e. The van der Waals surface area contributed by atoms with Gasteiger partial charge in [0, 0.05) is 26.2 Å². The lowest BCUT2D eigenvalue weighted by Gasteiger charge is -2.38. The Bertz CT molecular complexity index is 724. The summed E-state index contributed by atoms with van der Waals surface area (Å²) in [6.45, 7) is 3.15. The van der Waals surface area contributed by atoms with Crippen LogP contribution in [-0.4, -0.2) is 37.3 Å². The number of benzene rings is 2. The maximum atomic E-state index is 11.2. The summed E-state index contributed by atoms with van der Waals surface area (Å²) in [7, 11) is 0. The molecule has 6 nitrogen and oxygen atoms in total. The lowest BCUT2D eigenvalue weighted by Crippen LogP contribution is -2.47. The van der Waals surface area contributed by atoms with Gasteiger partial charge in [0.1, 0.15) is 0 Å². The molecule has 5 N–H and O–H groups in total. The second-order valence-electron chi connectivity index (χ2n) is 5.58. The highest BCUT2D eigenvalue weighted by molar-refractivity contribution is 5.97. The van der Waals surface area contributed by atoms with Crippen LogP contribution in [0.25, 0.3) is 0 Å². The zero-order valence-corrected chi connectivity index (χ0v) is 12.8. The topological polar surface area (TPSA) is 95.8 Å². The molecule has 0 amide bonds. The van der Waals surface area contributed by atoms with Crippen molar-refractivity contribution in [2.45, 2.75) is 0 Å². The van der Waals surface area contributed by atoms with Crippen LogP contribution in [0.2, 0.25) is 0 Å². The normalized spacial score (nSPS) is 14.8. The number of carboxylic acids is 1. The highest BCUT2D eigenvalue weighted by Crippen LogP contribution is 2.29. The van der Waals surface area contributed by atoms with Crippen molar-refractivity contribution in [3.05, 3.63) is 48.0 Å². The molecule has 6 heteroatoms. The Morgan fingerprint density at radius 3 is 2.04 bits per heavy atom. The fraction of sp³-hybridized carbons (Fsp3) is 0.235. The van der Waals surface area contributed by atoms with Gasteiger partial charge < -0.3 is 26.4 Å². The summed E-state index contributed by atoms with van der Waals surface area (Å²) in [5.74, 6) is -1.000. The molecule has 0 radical (unpaired) electrons. The molecule has 0 aromatic heterocycles. The number of anilines is 4. The second kappa shape index (κ2) is 6.08. The molecule has 120 valence electrons. The Labute approximate surface area is 134 Å². The van der Waals surface area contributed by atoms with Crippen LogP contribution >= 0.6 is 0 Å². The van der Waals surface area contributed by atoms with E-state index < -0.39 is 5.97 Å². The van der Waals surface area contributed by atoms with Crippen molar-refractivity contribution < 1.29 is 9.90 Å². The van der Waals surface area contributed by atoms with E-state index in [2.05, 4.69) is 9.80 Å². The number of piperazine rings is 1. The average molecular weight is 312 g/mol. The number of hydrogen-bond acceptors (Lipinski definition) is 5. The number of hydrogen-bond donors (Lipinski definition) is 3. The van der Waals surface area contributed by atoms with Crippen LogP contribution in [0.1, 0.15) is 10.4 Å². The molecule has 0 aliphatic carbocycles. The van der Waals surface area contributed by atoms with E-state index in [0.29, 0.717) is 5.69 Å². The van der Waals surface area contributed by atoms with E-state index in [4.69, 9.17) is 11.5 Å². The maximum absolute atomic E-state index is 11.2. The lowest BCUT2D eigenvalue weighted by atomic mass is 10.1. The lowest BCUT2D eigenvalue weighted by molar-refractivity contribution is 0.0698. The Kier molecular flexibility index (Phi) is 3.97. The molecule has 1 aliphatic heterocycles. The van der Waals surface area contributed by atoms with Gasteiger partial charge in [0.05, 0.1) is 28.3 Å². The third-order valence-electron chi connectivity index (χ3n) is 4.21. The molecular weight excluding hydrogens is 292 g/mol. The summed E-state index contributed by atoms with van der Waals surface area (Å²) in [4.78, 5) is 15.6. The van der Waals surface area contributed by atoms with Crippen molar-refractivity contribution in [3.8, 4) is 0 Å². The summed E-state index contributed by atoms with van der Waals surface area (Å²) >= 11 is 0. The molecule has 0 spiro atoms. The third kappa shape index (κ3) is 2.88. The fourth-order valence-corrected chi connectivity index (χ4v) is 2.98. The predicted molar refractivity (Wildman–Crippen MR) is 93.1 cm³/mol. The molecule has 0 unspecified atom stereocenters. The predicted octanol–water partition coefficient (Wildman–Crippen LogP) is 1.88. The van der Waals surface area contributed by atoms with E-state index >= 15 is 0 Å². The summed E-state index contributed by atoms with van der Waals surface area (Å²) in [5.41, 5.74) is 15.1. The van der Waals surface area contributed by atoms with Gasteiger partial charge in [-0.05, 0) is 24.3 Å². The van der Waals surface area contributed by atoms with Crippen LogP contribution in [0, 0.1) is 0 Å². The van der Waals surface area contributed by atoms with Crippen molar-refractivity contribution >= 4 is 28.7 Å². The van der Waals surface area contributed by atoms with Crippen LogP contribution < -0.4 is 21.3 Å². The van der Waals surface area contributed by atoms with Crippen molar-refractivity contribution in [2.75, 3.05) is 47.4 Å². The highest BCUT2D eigenvalue weighted by atomic mass is 16.4. The van der Waals surface area contributed by atoms with Gasteiger partial charge in [0.2, 0.25) is 0 Å². The third-order valence-corrected chi connectivity index (χ3v) is 4.21. The Hall–Kier alpha value is -2.89. The fourth-order valence-electron chi connectivity index (χ4n) is 2.98. The number of carbonyl (C=O) groups is 1. The zero-order chi connectivity index (χ0) is 16.4. The van der Waals surface area contributed by atoms with Crippen molar-refractivity contribution in [1.29, 1.82) is 0 Å². The molecule has 2 aromatic rings. The maximum Gasteiger partial charge on any atom is 0.337 e. The van der Waals surface area contributed by atoms with Crippen molar-refractivity contribution in [2.24, 2.45) is 0 Å². The number of carboxylic acid groups (broad SMARTS) is 1. The monoisotopic (exact) mass is 312 g/mol. The van der Waals surface area contributed by atoms with Crippen molar-refractivity contribution in [1.82, 2.24) is 0 Å². The largest absolute Gasteiger partial charge is 0.478 e. The summed E-state index contributed by atoms with van der Waals surface area (Å²) in [5, 5.41) is 9.19. The molecule has 0 atom stereocenters. The van der Waals surface area contributed by atoms with Gasteiger partial charge >= 0.3 is 5.97 Å². The number of aromatic carboxylic acids is 1. The van der Waals surface area contributed by atoms with E-state index in [1.165, 1.54) is 6.07 Å². The van der Waals surface area contributed by atoms with E-state index in [0.717, 1.165) is 43.2 Å². The Morgan fingerprint density at radius 1 is 0.870 bits per heavy atom. The summed E-state index contributed by atoms with van der Waals surface area (Å²) in [6, 6.07) is 13.0. The quantitative estimate of drug-likeness (QED) is 0.749. The molecule has 1 heterocycles. The number of para-hydroxylation sites is 3. The van der Waals surface area contributed by atoms with Gasteiger partial charge in [-0.15, -0.1) is 0 Å². The van der Waals surface area contributed by atoms with Crippen LogP contribution in [0.3, 0.4) is 0 Å². The molecule has 1 fully saturated rings. The first kappa shape index (κ1) is 15.0. The van der Waals surface area contributed by atoms with E-state index in [-0.39, 0.29) is 5.56 Å². The average Bonchev–Trinajstić information content (AvgIpc) is 2.55. The molecule has 0 bridgehead atoms. The number of rotatable bonds is 3. The Morgan fingerprint density at radius 2 is 1.43 bits per heavy atom. The van der Waals surface area contributed by atoms with E-state index in [1.807, 2.05) is 30.3 Å². The van der Waals surface area contributed by atoms with Crippen LogP contribution in [0.5, 0.6) is 0 Å². The molecule has 1 saturated heterocycles. The van der Waals surface area contributed by atoms with Crippen LogP contribution in [0.4, 0.5) is 22.7 Å². The van der Waals surface area contributed by atoms with Gasteiger partial charge in [-0.2, -0.15) is 0 Å². The first-order chi connectivity index (χ1) is 11.1. The minimum Gasteiger partial charge on any atom is -0.478 e. The highest BCUT2D eigenvalue weighted by Gasteiger charge is 2.21. The minimum atomic E-state index is -1.000. The van der Waals surface area contributed by atoms with Gasteiger partial charge in [-0.1, -0.05) is 18.2 Å². The van der Waals surface area contributed by atoms with Gasteiger partial charge in [0.25, 0.3) is 0 Å². The molecule has 3 rings (SSSR count). The first-order valence-corrected chi connectivity index (χ1v) is 7.54.